The fourth-order valence-corrected chi connectivity index (χ4v) is 2.94. The van der Waals surface area contributed by atoms with Crippen LogP contribution in [0.4, 0.5) is 0 Å². The first kappa shape index (κ1) is 19.0. The molecule has 0 aliphatic heterocycles. The lowest BCUT2D eigenvalue weighted by atomic mass is 10.1. The first-order valence-corrected chi connectivity index (χ1v) is 8.97. The molecule has 5 nitrogen and oxygen atoms in total. The van der Waals surface area contributed by atoms with Crippen LogP contribution in [0.3, 0.4) is 0 Å². The van der Waals surface area contributed by atoms with Crippen molar-refractivity contribution < 1.29 is 19.0 Å². The number of methoxy groups -OCH3 is 1. The van der Waals surface area contributed by atoms with Crippen LogP contribution in [0, 0.1) is 0 Å². The molecule has 0 fully saturated rings. The van der Waals surface area contributed by atoms with Gasteiger partial charge in [0.25, 0.3) is 0 Å². The first-order chi connectivity index (χ1) is 13.2. The molecule has 0 radical (unpaired) electrons. The van der Waals surface area contributed by atoms with Crippen molar-refractivity contribution in [2.75, 3.05) is 20.3 Å². The number of benzene rings is 2. The topological polar surface area (TPSA) is 55.1 Å². The van der Waals surface area contributed by atoms with Crippen LogP contribution in [0.25, 0.3) is 0 Å². The van der Waals surface area contributed by atoms with Crippen molar-refractivity contribution in [3.05, 3.63) is 84.3 Å². The molecule has 0 saturated heterocycles. The molecule has 1 unspecified atom stereocenters. The van der Waals surface area contributed by atoms with Crippen molar-refractivity contribution in [1.82, 2.24) is 4.90 Å². The third-order valence-corrected chi connectivity index (χ3v) is 4.20. The fourth-order valence-electron chi connectivity index (χ4n) is 2.94. The van der Waals surface area contributed by atoms with Gasteiger partial charge in [0, 0.05) is 18.7 Å². The van der Waals surface area contributed by atoms with Crippen molar-refractivity contribution >= 4 is 0 Å². The lowest BCUT2D eigenvalue weighted by Gasteiger charge is -2.25. The van der Waals surface area contributed by atoms with Gasteiger partial charge in [0.05, 0.1) is 19.9 Å². The van der Waals surface area contributed by atoms with Crippen molar-refractivity contribution in [1.29, 1.82) is 0 Å². The van der Waals surface area contributed by atoms with Crippen molar-refractivity contribution in [2.24, 2.45) is 0 Å². The first-order valence-electron chi connectivity index (χ1n) is 8.97. The van der Waals surface area contributed by atoms with Gasteiger partial charge in [-0.2, -0.15) is 0 Å². The van der Waals surface area contributed by atoms with Crippen molar-refractivity contribution in [3.8, 4) is 11.5 Å². The Labute approximate surface area is 159 Å². The molecule has 0 saturated carbocycles. The number of ether oxygens (including phenoxy) is 2. The molecule has 1 aromatic heterocycles. The lowest BCUT2D eigenvalue weighted by Crippen LogP contribution is -2.35. The highest BCUT2D eigenvalue weighted by Gasteiger charge is 2.16. The minimum absolute atomic E-state index is 0.227. The molecule has 142 valence electrons. The number of hydrogen-bond acceptors (Lipinski definition) is 5. The molecule has 1 heterocycles. The van der Waals surface area contributed by atoms with Crippen LogP contribution in [0.5, 0.6) is 11.5 Å². The van der Waals surface area contributed by atoms with Crippen LogP contribution in [0.2, 0.25) is 0 Å². The van der Waals surface area contributed by atoms with Crippen LogP contribution in [-0.2, 0) is 13.1 Å². The molecule has 1 N–H and O–H groups in total. The van der Waals surface area contributed by atoms with Gasteiger partial charge in [0.1, 0.15) is 30.0 Å². The Balaban J connectivity index is 1.64. The van der Waals surface area contributed by atoms with E-state index in [9.17, 15) is 5.11 Å². The number of aliphatic hydroxyl groups is 1. The molecule has 0 aliphatic carbocycles. The van der Waals surface area contributed by atoms with E-state index in [-0.39, 0.29) is 6.61 Å². The standard InChI is InChI=1S/C22H25NO4/c1-25-22-12-6-5-8-18(22)14-23(16-21-11-7-13-26-21)15-19(24)17-27-20-9-3-2-4-10-20/h2-13,19,24H,14-17H2,1H3. The summed E-state index contributed by atoms with van der Waals surface area (Å²) in [5.41, 5.74) is 1.06. The Kier molecular flexibility index (Phi) is 6.90. The highest BCUT2D eigenvalue weighted by Crippen LogP contribution is 2.21. The Bertz CT molecular complexity index is 789. The van der Waals surface area contributed by atoms with Gasteiger partial charge in [0.15, 0.2) is 0 Å². The summed E-state index contributed by atoms with van der Waals surface area (Å²) in [6.07, 6.45) is 1.03. The van der Waals surface area contributed by atoms with Crippen LogP contribution in [0.1, 0.15) is 11.3 Å². The monoisotopic (exact) mass is 367 g/mol. The van der Waals surface area contributed by atoms with Gasteiger partial charge in [-0.25, -0.2) is 0 Å². The van der Waals surface area contributed by atoms with E-state index in [0.717, 1.165) is 22.8 Å². The molecular formula is C22H25NO4. The SMILES string of the molecule is COc1ccccc1CN(Cc1ccco1)CC(O)COc1ccccc1. The van der Waals surface area contributed by atoms with E-state index in [1.807, 2.05) is 66.7 Å². The van der Waals surface area contributed by atoms with Crippen LogP contribution >= 0.6 is 0 Å². The molecule has 0 spiro atoms. The van der Waals surface area contributed by atoms with Crippen LogP contribution < -0.4 is 9.47 Å². The minimum Gasteiger partial charge on any atom is -0.496 e. The number of aliphatic hydroxyl groups excluding tert-OH is 1. The maximum Gasteiger partial charge on any atom is 0.123 e. The van der Waals surface area contributed by atoms with Gasteiger partial charge >= 0.3 is 0 Å². The third kappa shape index (κ3) is 5.88. The Morgan fingerprint density at radius 2 is 1.74 bits per heavy atom. The summed E-state index contributed by atoms with van der Waals surface area (Å²) in [5, 5.41) is 10.5. The smallest absolute Gasteiger partial charge is 0.123 e. The molecule has 2 aromatic carbocycles. The minimum atomic E-state index is -0.630. The zero-order valence-electron chi connectivity index (χ0n) is 15.5. The maximum absolute atomic E-state index is 10.5. The van der Waals surface area contributed by atoms with E-state index in [0.29, 0.717) is 19.6 Å². The predicted octanol–water partition coefficient (Wildman–Crippen LogP) is 3.73. The molecule has 0 amide bonds. The van der Waals surface area contributed by atoms with E-state index in [1.54, 1.807) is 13.4 Å². The highest BCUT2D eigenvalue weighted by atomic mass is 16.5. The zero-order chi connectivity index (χ0) is 18.9. The number of para-hydroxylation sites is 2. The molecule has 3 rings (SSSR count). The normalized spacial score (nSPS) is 12.1. The van der Waals surface area contributed by atoms with Crippen molar-refractivity contribution in [2.45, 2.75) is 19.2 Å². The fraction of sp³-hybridized carbons (Fsp3) is 0.273. The van der Waals surface area contributed by atoms with Gasteiger partial charge in [-0.3, -0.25) is 4.90 Å². The molecule has 27 heavy (non-hydrogen) atoms. The summed E-state index contributed by atoms with van der Waals surface area (Å²) < 4.78 is 16.6. The second-order valence-electron chi connectivity index (χ2n) is 6.34. The maximum atomic E-state index is 10.5. The summed E-state index contributed by atoms with van der Waals surface area (Å²) in [6.45, 7) is 1.90. The molecule has 3 aromatic rings. The molecule has 0 aliphatic rings. The molecular weight excluding hydrogens is 342 g/mol. The van der Waals surface area contributed by atoms with Gasteiger partial charge in [-0.1, -0.05) is 36.4 Å². The summed E-state index contributed by atoms with van der Waals surface area (Å²) in [7, 11) is 1.66. The van der Waals surface area contributed by atoms with E-state index in [2.05, 4.69) is 4.90 Å². The quantitative estimate of drug-likeness (QED) is 0.592. The number of nitrogens with zero attached hydrogens (tertiary/aromatic N) is 1. The Morgan fingerprint density at radius 1 is 0.963 bits per heavy atom. The third-order valence-electron chi connectivity index (χ3n) is 4.20. The van der Waals surface area contributed by atoms with Gasteiger partial charge in [-0.05, 0) is 30.3 Å². The predicted molar refractivity (Wildman–Crippen MR) is 104 cm³/mol. The van der Waals surface area contributed by atoms with Crippen LogP contribution in [-0.4, -0.2) is 36.4 Å². The lowest BCUT2D eigenvalue weighted by molar-refractivity contribution is 0.0602. The van der Waals surface area contributed by atoms with E-state index >= 15 is 0 Å². The van der Waals surface area contributed by atoms with Gasteiger partial charge in [0.2, 0.25) is 0 Å². The molecule has 1 atom stereocenters. The summed E-state index contributed by atoms with van der Waals surface area (Å²) >= 11 is 0. The average molecular weight is 367 g/mol. The summed E-state index contributed by atoms with van der Waals surface area (Å²) in [5.74, 6) is 2.43. The largest absolute Gasteiger partial charge is 0.496 e. The zero-order valence-corrected chi connectivity index (χ0v) is 15.5. The van der Waals surface area contributed by atoms with Crippen molar-refractivity contribution in [3.63, 3.8) is 0 Å². The second-order valence-corrected chi connectivity index (χ2v) is 6.34. The van der Waals surface area contributed by atoms with Gasteiger partial charge < -0.3 is 19.0 Å². The highest BCUT2D eigenvalue weighted by molar-refractivity contribution is 5.33. The Morgan fingerprint density at radius 3 is 2.48 bits per heavy atom. The van der Waals surface area contributed by atoms with Crippen LogP contribution in [0.15, 0.2) is 77.4 Å². The van der Waals surface area contributed by atoms with E-state index in [1.165, 1.54) is 0 Å². The Hall–Kier alpha value is -2.76. The average Bonchev–Trinajstić information content (AvgIpc) is 3.20. The van der Waals surface area contributed by atoms with E-state index < -0.39 is 6.10 Å². The molecule has 0 bridgehead atoms. The van der Waals surface area contributed by atoms with Gasteiger partial charge in [-0.15, -0.1) is 0 Å². The summed E-state index contributed by atoms with van der Waals surface area (Å²) in [6, 6.07) is 21.2. The number of furan rings is 1. The molecule has 5 heteroatoms. The second kappa shape index (κ2) is 9.80. The summed E-state index contributed by atoms with van der Waals surface area (Å²) in [4.78, 5) is 2.12. The number of hydrogen-bond donors (Lipinski definition) is 1. The van der Waals surface area contributed by atoms with E-state index in [4.69, 9.17) is 13.9 Å². The number of rotatable bonds is 10.